The van der Waals surface area contributed by atoms with Gasteiger partial charge in [-0.15, -0.1) is 34.0 Å². The summed E-state index contributed by atoms with van der Waals surface area (Å²) in [5.74, 6) is 0. The van der Waals surface area contributed by atoms with E-state index in [1.165, 1.54) is 30.3 Å². The van der Waals surface area contributed by atoms with E-state index in [1.54, 1.807) is 34.0 Å². The van der Waals surface area contributed by atoms with Gasteiger partial charge < -0.3 is 13.6 Å². The molecule has 0 saturated heterocycles. The topological polar surface area (TPSA) is 51.1 Å². The van der Waals surface area contributed by atoms with Crippen molar-refractivity contribution in [3.63, 3.8) is 0 Å². The molecular formula is C68H34N4OS3. The van der Waals surface area contributed by atoms with Crippen LogP contribution < -0.4 is 0 Å². The van der Waals surface area contributed by atoms with Crippen molar-refractivity contribution in [2.24, 2.45) is 0 Å². The standard InChI is InChI=1S/C68H34N4OS3/c1-70-59-56(37-16-4-2-5-17-37)50(36-69)60(71-51-35-34-45-39-20-8-12-24-52(39)73-65(45)58(51)49-33-32-48-42-23-11-15-27-55(42)76-68(48)63(49)71)57(38-18-6-3-7-19-38)64(59)72-61-43(28-30-46-40-21-9-13-25-53(40)74-66(46)61)44-29-31-47-41-22-10-14-26-54(41)75-67(47)62(44)72/h2-35H. The smallest absolute Gasteiger partial charge is 0.220 e. The Morgan fingerprint density at radius 1 is 0.408 bits per heavy atom. The van der Waals surface area contributed by atoms with Gasteiger partial charge in [-0.05, 0) is 47.5 Å². The van der Waals surface area contributed by atoms with Gasteiger partial charge in [-0.2, -0.15) is 5.26 Å². The lowest BCUT2D eigenvalue weighted by Gasteiger charge is -2.26. The van der Waals surface area contributed by atoms with Crippen molar-refractivity contribution in [2.45, 2.75) is 0 Å². The number of rotatable bonds is 4. The summed E-state index contributed by atoms with van der Waals surface area (Å²) in [5.41, 5.74) is 10.9. The number of furan rings is 1. The number of fused-ring (bicyclic) bond motifs is 22. The number of para-hydroxylation sites is 1. The molecule has 8 heteroatoms. The third-order valence-electron chi connectivity index (χ3n) is 15.8. The second-order valence-corrected chi connectivity index (χ2v) is 22.7. The van der Waals surface area contributed by atoms with Crippen LogP contribution in [0.15, 0.2) is 211 Å². The van der Waals surface area contributed by atoms with Gasteiger partial charge in [-0.3, -0.25) is 0 Å². The molecule has 5 nitrogen and oxygen atoms in total. The maximum absolute atomic E-state index is 12.3. The van der Waals surface area contributed by atoms with Gasteiger partial charge in [0.05, 0.1) is 65.1 Å². The highest BCUT2D eigenvalue weighted by molar-refractivity contribution is 7.27. The summed E-state index contributed by atoms with van der Waals surface area (Å²) in [6.45, 7) is 9.64. The number of nitriles is 1. The van der Waals surface area contributed by atoms with Gasteiger partial charge >= 0.3 is 0 Å². The molecule has 17 rings (SSSR count). The Bertz CT molecular complexity index is 5370. The molecule has 0 spiro atoms. The van der Waals surface area contributed by atoms with E-state index in [2.05, 4.69) is 185 Å². The molecule has 0 aliphatic rings. The van der Waals surface area contributed by atoms with E-state index in [0.29, 0.717) is 22.5 Å². The molecule has 76 heavy (non-hydrogen) atoms. The minimum Gasteiger partial charge on any atom is -0.455 e. The zero-order chi connectivity index (χ0) is 49.9. The first-order chi connectivity index (χ1) is 37.7. The first-order valence-corrected chi connectivity index (χ1v) is 27.6. The summed E-state index contributed by atoms with van der Waals surface area (Å²) in [4.78, 5) is 4.71. The lowest BCUT2D eigenvalue weighted by atomic mass is 9.88. The summed E-state index contributed by atoms with van der Waals surface area (Å²) in [6.07, 6.45) is 0. The van der Waals surface area contributed by atoms with E-state index in [4.69, 9.17) is 9.26 Å². The SMILES string of the molecule is [C-]#[N+]c1c(-c2ccccc2)c(C#N)c(-n2c3ccc4c5ccccc5oc4c3c3ccc4c5ccccc5sc4c32)c(-c2ccccc2)c1-n1c2c(ccc3c4ccccc4sc32)c2ccc3c4ccccc4sc3c21. The Hall–Kier alpha value is -9.54. The van der Waals surface area contributed by atoms with E-state index in [1.807, 2.05) is 36.4 Å². The average molecular weight is 1020 g/mol. The minimum absolute atomic E-state index is 0.410. The summed E-state index contributed by atoms with van der Waals surface area (Å²) in [5, 5.41) is 25.6. The Morgan fingerprint density at radius 2 is 0.855 bits per heavy atom. The van der Waals surface area contributed by atoms with Crippen molar-refractivity contribution in [3.8, 4) is 39.7 Å². The molecule has 0 N–H and O–H groups in total. The summed E-state index contributed by atoms with van der Waals surface area (Å²) < 4.78 is 18.8. The lowest BCUT2D eigenvalue weighted by molar-refractivity contribution is 0.673. The molecule has 350 valence electrons. The maximum atomic E-state index is 12.3. The van der Waals surface area contributed by atoms with Crippen LogP contribution in [0.3, 0.4) is 0 Å². The minimum atomic E-state index is 0.410. The van der Waals surface area contributed by atoms with Gasteiger partial charge in [0.25, 0.3) is 0 Å². The Balaban J connectivity index is 1.19. The van der Waals surface area contributed by atoms with Gasteiger partial charge in [0.2, 0.25) is 5.69 Å². The largest absolute Gasteiger partial charge is 0.455 e. The highest BCUT2D eigenvalue weighted by atomic mass is 32.1. The van der Waals surface area contributed by atoms with Crippen LogP contribution in [0.4, 0.5) is 5.69 Å². The summed E-state index contributed by atoms with van der Waals surface area (Å²) >= 11 is 5.37. The molecule has 0 saturated carbocycles. The van der Waals surface area contributed by atoms with Crippen LogP contribution in [0.2, 0.25) is 0 Å². The molecular weight excluding hydrogens is 985 g/mol. The predicted molar refractivity (Wildman–Crippen MR) is 323 cm³/mol. The highest BCUT2D eigenvalue weighted by Crippen LogP contribution is 2.56. The molecule has 0 atom stereocenters. The third-order valence-corrected chi connectivity index (χ3v) is 19.4. The molecule has 11 aromatic carbocycles. The number of nitrogens with zero attached hydrogens (tertiary/aromatic N) is 4. The fraction of sp³-hybridized carbons (Fsp3) is 0. The molecule has 17 aromatic rings. The first-order valence-electron chi connectivity index (χ1n) is 25.2. The van der Waals surface area contributed by atoms with Crippen molar-refractivity contribution in [2.75, 3.05) is 0 Å². The fourth-order valence-electron chi connectivity index (χ4n) is 12.7. The highest BCUT2D eigenvalue weighted by Gasteiger charge is 2.34. The Morgan fingerprint density at radius 3 is 1.39 bits per heavy atom. The van der Waals surface area contributed by atoms with Gasteiger partial charge in [-0.25, -0.2) is 4.85 Å². The Kier molecular flexibility index (Phi) is 8.54. The zero-order valence-electron chi connectivity index (χ0n) is 40.1. The van der Waals surface area contributed by atoms with E-state index in [9.17, 15) is 11.8 Å². The number of aromatic nitrogens is 2. The first kappa shape index (κ1) is 41.9. The number of benzene rings is 11. The molecule has 0 unspecified atom stereocenters. The van der Waals surface area contributed by atoms with Crippen molar-refractivity contribution >= 4 is 166 Å². The third kappa shape index (κ3) is 5.44. The number of hydrogen-bond donors (Lipinski definition) is 0. The van der Waals surface area contributed by atoms with Crippen LogP contribution in [0.1, 0.15) is 5.56 Å². The molecule has 0 aliphatic carbocycles. The summed E-state index contributed by atoms with van der Waals surface area (Å²) in [6, 6.07) is 75.8. The van der Waals surface area contributed by atoms with Crippen LogP contribution >= 0.6 is 34.0 Å². The van der Waals surface area contributed by atoms with Crippen molar-refractivity contribution < 1.29 is 4.42 Å². The van der Waals surface area contributed by atoms with E-state index >= 15 is 0 Å². The lowest BCUT2D eigenvalue weighted by Crippen LogP contribution is -2.09. The number of thiophene rings is 3. The average Bonchev–Trinajstić information content (AvgIpc) is 4.50. The molecule has 0 bridgehead atoms. The number of hydrogen-bond acceptors (Lipinski definition) is 5. The summed E-state index contributed by atoms with van der Waals surface area (Å²) in [7, 11) is 0. The molecule has 6 aromatic heterocycles. The van der Waals surface area contributed by atoms with Crippen LogP contribution in [0.25, 0.3) is 165 Å². The van der Waals surface area contributed by atoms with Gasteiger partial charge in [0.1, 0.15) is 17.2 Å². The second-order valence-electron chi connectivity index (χ2n) is 19.5. The van der Waals surface area contributed by atoms with Gasteiger partial charge in [0.15, 0.2) is 0 Å². The van der Waals surface area contributed by atoms with Gasteiger partial charge in [0, 0.05) is 84.5 Å². The molecule has 0 fully saturated rings. The fourth-order valence-corrected chi connectivity index (χ4v) is 16.4. The molecule has 6 heterocycles. The van der Waals surface area contributed by atoms with Crippen LogP contribution in [0, 0.1) is 17.9 Å². The molecule has 0 radical (unpaired) electrons. The van der Waals surface area contributed by atoms with E-state index in [0.717, 1.165) is 118 Å². The van der Waals surface area contributed by atoms with Gasteiger partial charge in [-0.1, -0.05) is 170 Å². The van der Waals surface area contributed by atoms with Crippen LogP contribution in [-0.4, -0.2) is 9.13 Å². The Labute approximate surface area is 444 Å². The molecule has 0 aliphatic heterocycles. The predicted octanol–water partition coefficient (Wildman–Crippen LogP) is 20.6. The van der Waals surface area contributed by atoms with Crippen LogP contribution in [-0.2, 0) is 0 Å². The maximum Gasteiger partial charge on any atom is 0.220 e. The van der Waals surface area contributed by atoms with Crippen molar-refractivity contribution in [1.29, 1.82) is 5.26 Å². The van der Waals surface area contributed by atoms with Crippen molar-refractivity contribution in [3.05, 3.63) is 223 Å². The quantitative estimate of drug-likeness (QED) is 0.165. The van der Waals surface area contributed by atoms with Crippen LogP contribution in [0.5, 0.6) is 0 Å². The molecule has 0 amide bonds. The normalized spacial score (nSPS) is 12.2. The zero-order valence-corrected chi connectivity index (χ0v) is 42.5. The second kappa shape index (κ2) is 15.5. The monoisotopic (exact) mass is 1020 g/mol. The van der Waals surface area contributed by atoms with Crippen molar-refractivity contribution in [1.82, 2.24) is 9.13 Å². The van der Waals surface area contributed by atoms with E-state index < -0.39 is 0 Å². The van der Waals surface area contributed by atoms with E-state index in [-0.39, 0.29) is 0 Å².